The smallest absolute Gasteiger partial charge is 0.267 e. The molecule has 1 amide bonds. The number of halogens is 1. The second-order valence-electron chi connectivity index (χ2n) is 3.73. The molecule has 0 atom stereocenters. The van der Waals surface area contributed by atoms with Crippen LogP contribution in [0.2, 0.25) is 5.02 Å². The van der Waals surface area contributed by atoms with Crippen LogP contribution in [0, 0.1) is 18.3 Å². The highest BCUT2D eigenvalue weighted by atomic mass is 35.5. The summed E-state index contributed by atoms with van der Waals surface area (Å²) < 4.78 is 1.38. The molecule has 0 spiro atoms. The molecule has 0 aliphatic rings. The zero-order chi connectivity index (χ0) is 13.3. The number of nitrogens with zero attached hydrogens (tertiary/aromatic N) is 3. The van der Waals surface area contributed by atoms with E-state index in [2.05, 4.69) is 5.10 Å². The van der Waals surface area contributed by atoms with Crippen LogP contribution in [0.15, 0.2) is 24.3 Å². The number of nitriles is 1. The molecule has 1 aromatic carbocycles. The first-order valence-corrected chi connectivity index (χ1v) is 5.47. The van der Waals surface area contributed by atoms with Crippen LogP contribution < -0.4 is 5.73 Å². The molecular formula is C12H9ClN4O. The maximum Gasteiger partial charge on any atom is 0.267 e. The van der Waals surface area contributed by atoms with E-state index in [1.165, 1.54) is 10.7 Å². The number of hydrogen-bond donors (Lipinski definition) is 1. The van der Waals surface area contributed by atoms with Gasteiger partial charge in [-0.25, -0.2) is 4.68 Å². The van der Waals surface area contributed by atoms with Gasteiger partial charge in [0.25, 0.3) is 5.91 Å². The van der Waals surface area contributed by atoms with Gasteiger partial charge in [0.15, 0.2) is 0 Å². The number of rotatable bonds is 2. The quantitative estimate of drug-likeness (QED) is 0.893. The molecule has 0 unspecified atom stereocenters. The summed E-state index contributed by atoms with van der Waals surface area (Å²) in [5.74, 6) is -0.587. The Morgan fingerprint density at radius 3 is 2.78 bits per heavy atom. The fraction of sp³-hybridized carbons (Fsp3) is 0.0833. The third kappa shape index (κ3) is 2.06. The third-order valence-electron chi connectivity index (χ3n) is 2.39. The Morgan fingerprint density at radius 2 is 2.22 bits per heavy atom. The Morgan fingerprint density at radius 1 is 1.50 bits per heavy atom. The van der Waals surface area contributed by atoms with E-state index in [1.807, 2.05) is 6.07 Å². The SMILES string of the molecule is Cc1cc(C(N)=O)n(-c2ccc(C#N)cc2Cl)n1. The summed E-state index contributed by atoms with van der Waals surface area (Å²) in [6, 6.07) is 8.30. The van der Waals surface area contributed by atoms with Gasteiger partial charge >= 0.3 is 0 Å². The molecule has 2 N–H and O–H groups in total. The lowest BCUT2D eigenvalue weighted by atomic mass is 10.2. The molecule has 6 heteroatoms. The summed E-state index contributed by atoms with van der Waals surface area (Å²) in [6.07, 6.45) is 0. The van der Waals surface area contributed by atoms with E-state index in [9.17, 15) is 4.79 Å². The molecule has 0 saturated heterocycles. The summed E-state index contributed by atoms with van der Waals surface area (Å²) in [5, 5.41) is 13.3. The average Bonchev–Trinajstić information content (AvgIpc) is 2.71. The van der Waals surface area contributed by atoms with Crippen molar-refractivity contribution in [1.29, 1.82) is 5.26 Å². The van der Waals surface area contributed by atoms with Gasteiger partial charge < -0.3 is 5.73 Å². The molecule has 5 nitrogen and oxygen atoms in total. The first kappa shape index (κ1) is 12.1. The summed E-state index contributed by atoms with van der Waals surface area (Å²) >= 11 is 6.06. The minimum absolute atomic E-state index is 0.249. The van der Waals surface area contributed by atoms with Crippen molar-refractivity contribution in [2.24, 2.45) is 5.73 Å². The fourth-order valence-electron chi connectivity index (χ4n) is 1.61. The van der Waals surface area contributed by atoms with Gasteiger partial charge in [0.1, 0.15) is 5.69 Å². The van der Waals surface area contributed by atoms with Gasteiger partial charge in [-0.1, -0.05) is 11.6 Å². The Hall–Kier alpha value is -2.32. The van der Waals surface area contributed by atoms with Crippen molar-refractivity contribution < 1.29 is 4.79 Å². The van der Waals surface area contributed by atoms with Crippen molar-refractivity contribution in [2.75, 3.05) is 0 Å². The van der Waals surface area contributed by atoms with Crippen molar-refractivity contribution in [3.05, 3.63) is 46.2 Å². The van der Waals surface area contributed by atoms with Gasteiger partial charge in [-0.05, 0) is 31.2 Å². The van der Waals surface area contributed by atoms with Gasteiger partial charge in [0, 0.05) is 0 Å². The van der Waals surface area contributed by atoms with Crippen molar-refractivity contribution in [3.8, 4) is 11.8 Å². The molecule has 0 aliphatic heterocycles. The fourth-order valence-corrected chi connectivity index (χ4v) is 1.87. The van der Waals surface area contributed by atoms with E-state index >= 15 is 0 Å². The van der Waals surface area contributed by atoms with Crippen LogP contribution in [0.3, 0.4) is 0 Å². The topological polar surface area (TPSA) is 84.7 Å². The third-order valence-corrected chi connectivity index (χ3v) is 2.69. The largest absolute Gasteiger partial charge is 0.364 e. The minimum atomic E-state index is -0.587. The highest BCUT2D eigenvalue weighted by Gasteiger charge is 2.14. The monoisotopic (exact) mass is 260 g/mol. The number of aromatic nitrogens is 2. The molecule has 1 aromatic heterocycles. The summed E-state index contributed by atoms with van der Waals surface area (Å²) in [7, 11) is 0. The van der Waals surface area contributed by atoms with E-state index in [4.69, 9.17) is 22.6 Å². The zero-order valence-electron chi connectivity index (χ0n) is 9.51. The van der Waals surface area contributed by atoms with Crippen LogP contribution in [0.25, 0.3) is 5.69 Å². The maximum absolute atomic E-state index is 11.3. The number of amides is 1. The molecular weight excluding hydrogens is 252 g/mol. The van der Waals surface area contributed by atoms with Crippen LogP contribution in [0.1, 0.15) is 21.7 Å². The lowest BCUT2D eigenvalue weighted by Crippen LogP contribution is -2.16. The van der Waals surface area contributed by atoms with Crippen LogP contribution >= 0.6 is 11.6 Å². The van der Waals surface area contributed by atoms with Crippen molar-refractivity contribution in [1.82, 2.24) is 9.78 Å². The first-order chi connectivity index (χ1) is 8.52. The Labute approximate surface area is 108 Å². The van der Waals surface area contributed by atoms with Crippen LogP contribution in [-0.2, 0) is 0 Å². The van der Waals surface area contributed by atoms with Crippen molar-refractivity contribution in [3.63, 3.8) is 0 Å². The van der Waals surface area contributed by atoms with E-state index in [1.54, 1.807) is 25.1 Å². The molecule has 0 radical (unpaired) electrons. The lowest BCUT2D eigenvalue weighted by Gasteiger charge is -2.07. The predicted octanol–water partition coefficient (Wildman–Crippen LogP) is 1.80. The van der Waals surface area contributed by atoms with E-state index in [0.29, 0.717) is 22.0 Å². The summed E-state index contributed by atoms with van der Waals surface area (Å²) in [4.78, 5) is 11.3. The van der Waals surface area contributed by atoms with E-state index in [-0.39, 0.29) is 5.69 Å². The second-order valence-corrected chi connectivity index (χ2v) is 4.13. The van der Waals surface area contributed by atoms with Crippen molar-refractivity contribution in [2.45, 2.75) is 6.92 Å². The molecule has 18 heavy (non-hydrogen) atoms. The highest BCUT2D eigenvalue weighted by Crippen LogP contribution is 2.23. The van der Waals surface area contributed by atoms with Crippen molar-refractivity contribution >= 4 is 17.5 Å². The Balaban J connectivity index is 2.63. The standard InChI is InChI=1S/C12H9ClN4O/c1-7-4-11(12(15)18)17(16-7)10-3-2-8(6-14)5-9(10)13/h2-5H,1H3,(H2,15,18). The molecule has 0 fully saturated rings. The maximum atomic E-state index is 11.3. The Bertz CT molecular complexity index is 669. The minimum Gasteiger partial charge on any atom is -0.364 e. The van der Waals surface area contributed by atoms with Crippen LogP contribution in [0.4, 0.5) is 0 Å². The predicted molar refractivity (Wildman–Crippen MR) is 66.5 cm³/mol. The number of benzene rings is 1. The van der Waals surface area contributed by atoms with Gasteiger partial charge in [-0.2, -0.15) is 10.4 Å². The molecule has 1 heterocycles. The molecule has 0 saturated carbocycles. The number of nitrogens with two attached hydrogens (primary N) is 1. The van der Waals surface area contributed by atoms with Gasteiger partial charge in [-0.3, -0.25) is 4.79 Å². The molecule has 0 bridgehead atoms. The number of carbonyl (C=O) groups is 1. The molecule has 2 rings (SSSR count). The average molecular weight is 261 g/mol. The number of primary amides is 1. The zero-order valence-corrected chi connectivity index (χ0v) is 10.3. The van der Waals surface area contributed by atoms with Crippen LogP contribution in [-0.4, -0.2) is 15.7 Å². The number of hydrogen-bond acceptors (Lipinski definition) is 3. The summed E-state index contributed by atoms with van der Waals surface area (Å²) in [6.45, 7) is 1.75. The van der Waals surface area contributed by atoms with Gasteiger partial charge in [-0.15, -0.1) is 0 Å². The highest BCUT2D eigenvalue weighted by molar-refractivity contribution is 6.32. The molecule has 90 valence electrons. The lowest BCUT2D eigenvalue weighted by molar-refractivity contribution is 0.0993. The Kier molecular flexibility index (Phi) is 3.04. The number of aryl methyl sites for hydroxylation is 1. The molecule has 0 aliphatic carbocycles. The second kappa shape index (κ2) is 4.51. The van der Waals surface area contributed by atoms with E-state index in [0.717, 1.165) is 0 Å². The number of carbonyl (C=O) groups excluding carboxylic acids is 1. The normalized spacial score (nSPS) is 10.1. The molecule has 2 aromatic rings. The summed E-state index contributed by atoms with van der Waals surface area (Å²) in [5.41, 5.74) is 7.13. The van der Waals surface area contributed by atoms with E-state index < -0.39 is 5.91 Å². The first-order valence-electron chi connectivity index (χ1n) is 5.09. The van der Waals surface area contributed by atoms with Gasteiger partial charge in [0.2, 0.25) is 0 Å². The van der Waals surface area contributed by atoms with Gasteiger partial charge in [0.05, 0.1) is 28.0 Å². The van der Waals surface area contributed by atoms with Crippen LogP contribution in [0.5, 0.6) is 0 Å².